The zero-order chi connectivity index (χ0) is 20.9. The zero-order valence-corrected chi connectivity index (χ0v) is 17.8. The molecule has 30 heavy (non-hydrogen) atoms. The number of benzene rings is 1. The second-order valence-electron chi connectivity index (χ2n) is 6.90. The molecule has 0 aliphatic rings. The van der Waals surface area contributed by atoms with Gasteiger partial charge in [0.05, 0.1) is 39.9 Å². The van der Waals surface area contributed by atoms with Gasteiger partial charge in [0.25, 0.3) is 0 Å². The van der Waals surface area contributed by atoms with Crippen LogP contribution in [0.1, 0.15) is 17.7 Å². The van der Waals surface area contributed by atoms with Crippen molar-refractivity contribution in [2.75, 3.05) is 20.3 Å². The minimum atomic E-state index is -1.35. The number of methoxy groups -OCH3 is 1. The number of pyridine rings is 1. The standard InChI is InChI=1S/C22H24N4O3S/c1-16-20(23-9-8-21(16)29-13-5-12-28-2)15-30(27)22-24-18-7-6-17(14-19(18)25-22)26-10-3-4-11-26/h3-4,6-11,14H,5,12-13,15H2,1-2H3,(H,24,25)/t30-/m0/s1. The van der Waals surface area contributed by atoms with Crippen molar-refractivity contribution in [2.45, 2.75) is 24.3 Å². The molecule has 3 aromatic heterocycles. The second kappa shape index (κ2) is 9.23. The molecule has 0 saturated carbocycles. The van der Waals surface area contributed by atoms with E-state index >= 15 is 0 Å². The molecular weight excluding hydrogens is 400 g/mol. The Labute approximate surface area is 177 Å². The van der Waals surface area contributed by atoms with E-state index in [0.717, 1.165) is 40.1 Å². The number of nitrogens with one attached hydrogen (secondary N) is 1. The van der Waals surface area contributed by atoms with E-state index in [2.05, 4.69) is 15.0 Å². The van der Waals surface area contributed by atoms with Crippen LogP contribution in [-0.4, -0.2) is 44.1 Å². The van der Waals surface area contributed by atoms with Crippen LogP contribution >= 0.6 is 0 Å². The van der Waals surface area contributed by atoms with Gasteiger partial charge in [0.2, 0.25) is 0 Å². The van der Waals surface area contributed by atoms with Crippen molar-refractivity contribution in [3.8, 4) is 11.4 Å². The highest BCUT2D eigenvalue weighted by molar-refractivity contribution is 7.84. The summed E-state index contributed by atoms with van der Waals surface area (Å²) in [7, 11) is 0.322. The number of hydrogen-bond acceptors (Lipinski definition) is 5. The molecule has 0 aliphatic carbocycles. The first-order valence-corrected chi connectivity index (χ1v) is 11.1. The molecule has 0 unspecified atom stereocenters. The summed E-state index contributed by atoms with van der Waals surface area (Å²) in [5.74, 6) is 1.03. The summed E-state index contributed by atoms with van der Waals surface area (Å²) in [6.07, 6.45) is 6.46. The highest BCUT2D eigenvalue weighted by atomic mass is 32.2. The third-order valence-corrected chi connectivity index (χ3v) is 6.00. The molecule has 0 aliphatic heterocycles. The number of aromatic amines is 1. The minimum Gasteiger partial charge on any atom is -0.493 e. The van der Waals surface area contributed by atoms with E-state index in [1.54, 1.807) is 13.3 Å². The van der Waals surface area contributed by atoms with Gasteiger partial charge in [0.15, 0.2) is 5.16 Å². The molecular formula is C22H24N4O3S. The topological polar surface area (TPSA) is 82.0 Å². The molecule has 1 N–H and O–H groups in total. The van der Waals surface area contributed by atoms with Gasteiger partial charge in [-0.15, -0.1) is 0 Å². The van der Waals surface area contributed by atoms with Gasteiger partial charge in [-0.2, -0.15) is 0 Å². The molecule has 3 heterocycles. The number of aromatic nitrogens is 4. The van der Waals surface area contributed by atoms with E-state index in [1.165, 1.54) is 0 Å². The number of H-pyrrole nitrogens is 1. The highest BCUT2D eigenvalue weighted by Crippen LogP contribution is 2.23. The van der Waals surface area contributed by atoms with E-state index in [4.69, 9.17) is 9.47 Å². The van der Waals surface area contributed by atoms with Crippen LogP contribution in [0.5, 0.6) is 5.75 Å². The van der Waals surface area contributed by atoms with Gasteiger partial charge in [-0.3, -0.25) is 9.19 Å². The normalized spacial score (nSPS) is 12.3. The maximum atomic E-state index is 13.0. The first-order chi connectivity index (χ1) is 14.7. The van der Waals surface area contributed by atoms with Crippen LogP contribution in [0.3, 0.4) is 0 Å². The average molecular weight is 425 g/mol. The quantitative estimate of drug-likeness (QED) is 0.414. The Morgan fingerprint density at radius 3 is 2.80 bits per heavy atom. The van der Waals surface area contributed by atoms with E-state index in [0.29, 0.717) is 18.4 Å². The molecule has 0 saturated heterocycles. The maximum absolute atomic E-state index is 13.0. The molecule has 8 heteroatoms. The van der Waals surface area contributed by atoms with E-state index in [9.17, 15) is 4.21 Å². The fourth-order valence-corrected chi connectivity index (χ4v) is 4.29. The molecule has 4 aromatic rings. The van der Waals surface area contributed by atoms with Gasteiger partial charge in [0.1, 0.15) is 5.75 Å². The number of ether oxygens (including phenoxy) is 2. The highest BCUT2D eigenvalue weighted by Gasteiger charge is 2.15. The largest absolute Gasteiger partial charge is 0.493 e. The van der Waals surface area contributed by atoms with Crippen molar-refractivity contribution in [3.63, 3.8) is 0 Å². The third kappa shape index (κ3) is 4.44. The van der Waals surface area contributed by atoms with E-state index < -0.39 is 10.8 Å². The molecule has 1 aromatic carbocycles. The lowest BCUT2D eigenvalue weighted by Gasteiger charge is -2.11. The van der Waals surface area contributed by atoms with Crippen molar-refractivity contribution >= 4 is 21.8 Å². The Morgan fingerprint density at radius 2 is 2.00 bits per heavy atom. The number of fused-ring (bicyclic) bond motifs is 1. The number of hydrogen-bond donors (Lipinski definition) is 1. The fraction of sp³-hybridized carbons (Fsp3) is 0.273. The van der Waals surface area contributed by atoms with Gasteiger partial charge < -0.3 is 19.0 Å². The van der Waals surface area contributed by atoms with E-state index in [-0.39, 0.29) is 5.75 Å². The molecule has 0 spiro atoms. The van der Waals surface area contributed by atoms with Crippen molar-refractivity contribution in [1.82, 2.24) is 19.5 Å². The summed E-state index contributed by atoms with van der Waals surface area (Å²) >= 11 is 0. The average Bonchev–Trinajstić information content (AvgIpc) is 3.43. The Kier molecular flexibility index (Phi) is 6.25. The number of imidazole rings is 1. The monoisotopic (exact) mass is 424 g/mol. The van der Waals surface area contributed by atoms with Crippen molar-refractivity contribution in [3.05, 3.63) is 66.2 Å². The van der Waals surface area contributed by atoms with Crippen LogP contribution in [0, 0.1) is 6.92 Å². The number of rotatable bonds is 9. The summed E-state index contributed by atoms with van der Waals surface area (Å²) in [6.45, 7) is 3.15. The minimum absolute atomic E-state index is 0.269. The van der Waals surface area contributed by atoms with E-state index in [1.807, 2.05) is 60.3 Å². The molecule has 4 rings (SSSR count). The molecule has 1 atom stereocenters. The van der Waals surface area contributed by atoms with Gasteiger partial charge in [-0.1, -0.05) is 0 Å². The van der Waals surface area contributed by atoms with Crippen LogP contribution in [0.2, 0.25) is 0 Å². The fourth-order valence-electron chi connectivity index (χ4n) is 3.19. The van der Waals surface area contributed by atoms with Gasteiger partial charge in [0, 0.05) is 50.0 Å². The first kappa shape index (κ1) is 20.3. The Balaban J connectivity index is 1.50. The summed E-state index contributed by atoms with van der Waals surface area (Å²) in [5, 5.41) is 0.447. The predicted molar refractivity (Wildman–Crippen MR) is 116 cm³/mol. The lowest BCUT2D eigenvalue weighted by Crippen LogP contribution is -2.06. The molecule has 0 radical (unpaired) electrons. The summed E-state index contributed by atoms with van der Waals surface area (Å²) in [5.41, 5.74) is 4.29. The summed E-state index contributed by atoms with van der Waals surface area (Å²) in [4.78, 5) is 12.1. The van der Waals surface area contributed by atoms with Crippen molar-refractivity contribution < 1.29 is 13.7 Å². The molecule has 0 amide bonds. The molecule has 7 nitrogen and oxygen atoms in total. The van der Waals surface area contributed by atoms with Crippen LogP contribution in [0.25, 0.3) is 16.7 Å². The van der Waals surface area contributed by atoms with Crippen molar-refractivity contribution in [1.29, 1.82) is 0 Å². The Morgan fingerprint density at radius 1 is 1.17 bits per heavy atom. The van der Waals surface area contributed by atoms with Crippen molar-refractivity contribution in [2.24, 2.45) is 0 Å². The predicted octanol–water partition coefficient (Wildman–Crippen LogP) is 3.78. The van der Waals surface area contributed by atoms with Gasteiger partial charge in [-0.25, -0.2) is 4.98 Å². The van der Waals surface area contributed by atoms with Crippen LogP contribution in [-0.2, 0) is 21.3 Å². The summed E-state index contributed by atoms with van der Waals surface area (Å²) in [6, 6.07) is 11.7. The molecule has 0 bridgehead atoms. The maximum Gasteiger partial charge on any atom is 0.197 e. The van der Waals surface area contributed by atoms with Gasteiger partial charge in [-0.05, 0) is 43.3 Å². The Hall–Kier alpha value is -2.97. The smallest absolute Gasteiger partial charge is 0.197 e. The number of nitrogens with zero attached hydrogens (tertiary/aromatic N) is 3. The second-order valence-corrected chi connectivity index (χ2v) is 8.27. The first-order valence-electron chi connectivity index (χ1n) is 9.73. The lowest BCUT2D eigenvalue weighted by atomic mass is 10.2. The SMILES string of the molecule is COCCCOc1ccnc(C[S@](=O)c2nc3ccc(-n4cccc4)cc3[nH]2)c1C. The Bertz CT molecular complexity index is 1150. The summed E-state index contributed by atoms with van der Waals surface area (Å²) < 4.78 is 25.9. The third-order valence-electron chi connectivity index (χ3n) is 4.84. The van der Waals surface area contributed by atoms with Crippen LogP contribution in [0.15, 0.2) is 60.1 Å². The van der Waals surface area contributed by atoms with Crippen LogP contribution < -0.4 is 4.74 Å². The zero-order valence-electron chi connectivity index (χ0n) is 17.0. The lowest BCUT2D eigenvalue weighted by molar-refractivity contribution is 0.172. The van der Waals surface area contributed by atoms with Gasteiger partial charge >= 0.3 is 0 Å². The molecule has 0 fully saturated rings. The van der Waals surface area contributed by atoms with Crippen LogP contribution in [0.4, 0.5) is 0 Å². The molecule has 156 valence electrons.